The molecule has 0 N–H and O–H groups in total. The number of nitrogens with zero attached hydrogens (tertiary/aromatic N) is 1. The molecule has 1 spiro atoms. The fraction of sp³-hybridized carbons (Fsp3) is 0.533. The Hall–Kier alpha value is -1.48. The zero-order valence-electron chi connectivity index (χ0n) is 10.8. The van der Waals surface area contributed by atoms with Crippen LogP contribution in [0.3, 0.4) is 0 Å². The highest BCUT2D eigenvalue weighted by Gasteiger charge is 2.40. The molecule has 0 amide bonds. The molecular formula is C15H17NO3. The third kappa shape index (κ3) is 2.61. The van der Waals surface area contributed by atoms with Gasteiger partial charge in [-0.15, -0.1) is 0 Å². The summed E-state index contributed by atoms with van der Waals surface area (Å²) in [7, 11) is 0. The highest BCUT2D eigenvalue weighted by atomic mass is 16.7. The number of rotatable bonds is 2. The van der Waals surface area contributed by atoms with Crippen LogP contribution in [0.2, 0.25) is 0 Å². The maximum absolute atomic E-state index is 10.2. The summed E-state index contributed by atoms with van der Waals surface area (Å²) in [6, 6.07) is 7.84. The second kappa shape index (κ2) is 5.25. The van der Waals surface area contributed by atoms with Crippen LogP contribution in [0.15, 0.2) is 29.3 Å². The first-order valence-corrected chi connectivity index (χ1v) is 6.77. The molecule has 1 heterocycles. The van der Waals surface area contributed by atoms with Crippen LogP contribution >= 0.6 is 0 Å². The van der Waals surface area contributed by atoms with Crippen LogP contribution in [-0.4, -0.2) is 25.1 Å². The van der Waals surface area contributed by atoms with Crippen LogP contribution in [0.1, 0.15) is 37.2 Å². The minimum Gasteiger partial charge on any atom is -0.348 e. The van der Waals surface area contributed by atoms with Crippen molar-refractivity contribution in [1.82, 2.24) is 0 Å². The van der Waals surface area contributed by atoms with Gasteiger partial charge < -0.3 is 9.47 Å². The topological polar surface area (TPSA) is 47.9 Å². The second-order valence-electron chi connectivity index (χ2n) is 5.18. The van der Waals surface area contributed by atoms with Gasteiger partial charge in [-0.2, -0.15) is 4.99 Å². The molecule has 0 atom stereocenters. The van der Waals surface area contributed by atoms with E-state index in [1.807, 2.05) is 12.1 Å². The van der Waals surface area contributed by atoms with Gasteiger partial charge >= 0.3 is 0 Å². The summed E-state index contributed by atoms with van der Waals surface area (Å²) >= 11 is 0. The van der Waals surface area contributed by atoms with E-state index in [1.54, 1.807) is 6.08 Å². The Bertz CT molecular complexity index is 475. The van der Waals surface area contributed by atoms with Crippen molar-refractivity contribution in [3.63, 3.8) is 0 Å². The highest BCUT2D eigenvalue weighted by molar-refractivity contribution is 5.49. The molecule has 1 aromatic carbocycles. The first kappa shape index (κ1) is 12.5. The van der Waals surface area contributed by atoms with Gasteiger partial charge in [0.1, 0.15) is 0 Å². The van der Waals surface area contributed by atoms with Gasteiger partial charge in [-0.3, -0.25) is 0 Å². The minimum absolute atomic E-state index is 0.293. The van der Waals surface area contributed by atoms with Crippen molar-refractivity contribution < 1.29 is 14.3 Å². The molecule has 3 rings (SSSR count). The Kier molecular flexibility index (Phi) is 3.47. The van der Waals surface area contributed by atoms with Gasteiger partial charge in [-0.25, -0.2) is 4.79 Å². The zero-order valence-corrected chi connectivity index (χ0v) is 10.8. The molecule has 2 aliphatic rings. The van der Waals surface area contributed by atoms with E-state index < -0.39 is 0 Å². The molecule has 4 heteroatoms. The number of hydrogen-bond donors (Lipinski definition) is 0. The van der Waals surface area contributed by atoms with E-state index in [-0.39, 0.29) is 5.79 Å². The van der Waals surface area contributed by atoms with Crippen molar-refractivity contribution >= 4 is 11.8 Å². The number of benzene rings is 1. The fourth-order valence-corrected chi connectivity index (χ4v) is 3.05. The van der Waals surface area contributed by atoms with Crippen LogP contribution in [0.5, 0.6) is 0 Å². The lowest BCUT2D eigenvalue weighted by Gasteiger charge is -2.35. The predicted octanol–water partition coefficient (Wildman–Crippen LogP) is 3.05. The zero-order chi connectivity index (χ0) is 13.1. The lowest BCUT2D eigenvalue weighted by Crippen LogP contribution is -2.34. The first-order chi connectivity index (χ1) is 9.31. The normalized spacial score (nSPS) is 22.3. The number of hydrogen-bond acceptors (Lipinski definition) is 4. The van der Waals surface area contributed by atoms with Gasteiger partial charge in [0.05, 0.1) is 18.9 Å². The van der Waals surface area contributed by atoms with E-state index in [9.17, 15) is 4.79 Å². The first-order valence-electron chi connectivity index (χ1n) is 6.77. The SMILES string of the molecule is O=C=Nc1ccc(C2CCC3(CC2)OCCO3)cc1. The monoisotopic (exact) mass is 259 g/mol. The maximum atomic E-state index is 10.2. The summed E-state index contributed by atoms with van der Waals surface area (Å²) < 4.78 is 11.5. The van der Waals surface area contributed by atoms with Gasteiger partial charge in [0.15, 0.2) is 5.79 Å². The molecule has 4 nitrogen and oxygen atoms in total. The Labute approximate surface area is 112 Å². The summed E-state index contributed by atoms with van der Waals surface area (Å²) in [5.41, 5.74) is 1.96. The van der Waals surface area contributed by atoms with E-state index in [4.69, 9.17) is 9.47 Å². The number of isocyanates is 1. The van der Waals surface area contributed by atoms with Gasteiger partial charge in [-0.05, 0) is 36.5 Å². The molecule has 1 aliphatic heterocycles. The molecular weight excluding hydrogens is 242 g/mol. The predicted molar refractivity (Wildman–Crippen MR) is 70.1 cm³/mol. The van der Waals surface area contributed by atoms with E-state index in [1.165, 1.54) is 5.56 Å². The summed E-state index contributed by atoms with van der Waals surface area (Å²) in [6.07, 6.45) is 5.65. The van der Waals surface area contributed by atoms with E-state index in [0.717, 1.165) is 38.9 Å². The Morgan fingerprint density at radius 3 is 2.32 bits per heavy atom. The molecule has 19 heavy (non-hydrogen) atoms. The van der Waals surface area contributed by atoms with Crippen molar-refractivity contribution in [3.8, 4) is 0 Å². The van der Waals surface area contributed by atoms with E-state index in [0.29, 0.717) is 11.6 Å². The number of carbonyl (C=O) groups excluding carboxylic acids is 1. The highest BCUT2D eigenvalue weighted by Crippen LogP contribution is 2.42. The Morgan fingerprint density at radius 2 is 1.74 bits per heavy atom. The number of ether oxygens (including phenoxy) is 2. The summed E-state index contributed by atoms with van der Waals surface area (Å²) in [4.78, 5) is 13.8. The van der Waals surface area contributed by atoms with Crippen LogP contribution in [0.4, 0.5) is 5.69 Å². The molecule has 0 radical (unpaired) electrons. The Morgan fingerprint density at radius 1 is 1.11 bits per heavy atom. The minimum atomic E-state index is -0.293. The van der Waals surface area contributed by atoms with Crippen molar-refractivity contribution in [3.05, 3.63) is 29.8 Å². The maximum Gasteiger partial charge on any atom is 0.240 e. The molecule has 1 aromatic rings. The van der Waals surface area contributed by atoms with Crippen molar-refractivity contribution in [2.24, 2.45) is 4.99 Å². The molecule has 1 aliphatic carbocycles. The molecule has 1 saturated heterocycles. The van der Waals surface area contributed by atoms with Crippen LogP contribution in [0, 0.1) is 0 Å². The lowest BCUT2D eigenvalue weighted by atomic mass is 9.81. The molecule has 1 saturated carbocycles. The summed E-state index contributed by atoms with van der Waals surface area (Å²) in [5.74, 6) is 0.255. The Balaban J connectivity index is 1.66. The molecule has 0 unspecified atom stereocenters. The fourth-order valence-electron chi connectivity index (χ4n) is 3.05. The van der Waals surface area contributed by atoms with Crippen LogP contribution < -0.4 is 0 Å². The van der Waals surface area contributed by atoms with Crippen LogP contribution in [-0.2, 0) is 14.3 Å². The molecule has 2 fully saturated rings. The molecule has 0 bridgehead atoms. The van der Waals surface area contributed by atoms with Gasteiger partial charge in [0.2, 0.25) is 6.08 Å². The lowest BCUT2D eigenvalue weighted by molar-refractivity contribution is -0.178. The van der Waals surface area contributed by atoms with Gasteiger partial charge in [0, 0.05) is 12.8 Å². The van der Waals surface area contributed by atoms with E-state index in [2.05, 4.69) is 17.1 Å². The van der Waals surface area contributed by atoms with Gasteiger partial charge in [-0.1, -0.05) is 12.1 Å². The van der Waals surface area contributed by atoms with E-state index >= 15 is 0 Å². The third-order valence-corrected chi connectivity index (χ3v) is 4.10. The summed E-state index contributed by atoms with van der Waals surface area (Å²) in [5, 5.41) is 0. The van der Waals surface area contributed by atoms with Crippen molar-refractivity contribution in [2.45, 2.75) is 37.4 Å². The average molecular weight is 259 g/mol. The number of aliphatic imine (C=N–C) groups is 1. The van der Waals surface area contributed by atoms with Crippen LogP contribution in [0.25, 0.3) is 0 Å². The molecule has 100 valence electrons. The largest absolute Gasteiger partial charge is 0.348 e. The third-order valence-electron chi connectivity index (χ3n) is 4.10. The van der Waals surface area contributed by atoms with Crippen molar-refractivity contribution in [1.29, 1.82) is 0 Å². The quantitative estimate of drug-likeness (QED) is 0.605. The molecule has 0 aromatic heterocycles. The standard InChI is InChI=1S/C15H17NO3/c17-11-16-14-3-1-12(2-4-14)13-5-7-15(8-6-13)18-9-10-19-15/h1-4,13H,5-10H2. The average Bonchev–Trinajstić information content (AvgIpc) is 2.90. The van der Waals surface area contributed by atoms with Crippen molar-refractivity contribution in [2.75, 3.05) is 13.2 Å². The van der Waals surface area contributed by atoms with Gasteiger partial charge in [0.25, 0.3) is 0 Å². The summed E-state index contributed by atoms with van der Waals surface area (Å²) in [6.45, 7) is 1.45. The second-order valence-corrected chi connectivity index (χ2v) is 5.18. The smallest absolute Gasteiger partial charge is 0.240 e.